The number of nitrogens with zero attached hydrogens (tertiary/aromatic N) is 2. The molecule has 0 heterocycles. The molecule has 1 atom stereocenters. The van der Waals surface area contributed by atoms with Crippen molar-refractivity contribution in [2.75, 3.05) is 20.3 Å². The summed E-state index contributed by atoms with van der Waals surface area (Å²) >= 11 is 0. The molecule has 0 aliphatic heterocycles. The average molecular weight is 263 g/mol. The van der Waals surface area contributed by atoms with Crippen LogP contribution < -0.4 is 5.32 Å². The van der Waals surface area contributed by atoms with Crippen molar-refractivity contribution in [2.45, 2.75) is 19.4 Å². The van der Waals surface area contributed by atoms with Gasteiger partial charge in [-0.25, -0.2) is 0 Å². The summed E-state index contributed by atoms with van der Waals surface area (Å²) in [5.41, 5.74) is 1.07. The van der Waals surface area contributed by atoms with Gasteiger partial charge in [-0.1, -0.05) is 13.0 Å². The molecule has 0 amide bonds. The first kappa shape index (κ1) is 15.1. The average Bonchev–Trinajstić information content (AvgIpc) is 2.39. The number of nitro benzene ring substituents is 1. The van der Waals surface area contributed by atoms with Crippen molar-refractivity contribution in [2.24, 2.45) is 0 Å². The zero-order chi connectivity index (χ0) is 14.3. The summed E-state index contributed by atoms with van der Waals surface area (Å²) in [4.78, 5) is 10.2. The maximum Gasteiger partial charge on any atom is 0.270 e. The van der Waals surface area contributed by atoms with Gasteiger partial charge in [0.05, 0.1) is 23.2 Å². The Labute approximate surface area is 112 Å². The molecule has 6 nitrogen and oxygen atoms in total. The van der Waals surface area contributed by atoms with E-state index < -0.39 is 4.92 Å². The Morgan fingerprint density at radius 1 is 1.58 bits per heavy atom. The molecule has 1 N–H and O–H groups in total. The zero-order valence-electron chi connectivity index (χ0n) is 11.0. The largest absolute Gasteiger partial charge is 0.383 e. The lowest BCUT2D eigenvalue weighted by Crippen LogP contribution is -2.35. The van der Waals surface area contributed by atoms with E-state index in [9.17, 15) is 10.1 Å². The molecule has 6 heteroatoms. The number of nitrogens with one attached hydrogen (secondary N) is 1. The first-order valence-corrected chi connectivity index (χ1v) is 6.02. The summed E-state index contributed by atoms with van der Waals surface area (Å²) in [6.45, 7) is 3.31. The van der Waals surface area contributed by atoms with Gasteiger partial charge in [0, 0.05) is 25.3 Å². The second kappa shape index (κ2) is 7.46. The van der Waals surface area contributed by atoms with Crippen LogP contribution in [0.1, 0.15) is 18.1 Å². The molecule has 1 unspecified atom stereocenters. The quantitative estimate of drug-likeness (QED) is 0.596. The molecule has 0 saturated carbocycles. The van der Waals surface area contributed by atoms with Crippen molar-refractivity contribution >= 4 is 5.69 Å². The van der Waals surface area contributed by atoms with Crippen molar-refractivity contribution < 1.29 is 9.66 Å². The maximum atomic E-state index is 10.7. The van der Waals surface area contributed by atoms with Crippen LogP contribution in [0.5, 0.6) is 0 Å². The van der Waals surface area contributed by atoms with E-state index in [0.717, 1.165) is 12.1 Å². The van der Waals surface area contributed by atoms with Gasteiger partial charge in [0.1, 0.15) is 0 Å². The molecule has 0 saturated heterocycles. The molecule has 19 heavy (non-hydrogen) atoms. The number of rotatable bonds is 7. The molecule has 0 fully saturated rings. The van der Waals surface area contributed by atoms with E-state index in [0.29, 0.717) is 18.6 Å². The normalized spacial score (nSPS) is 11.8. The van der Waals surface area contributed by atoms with Crippen LogP contribution in [0.2, 0.25) is 0 Å². The van der Waals surface area contributed by atoms with Gasteiger partial charge in [-0.3, -0.25) is 10.1 Å². The van der Waals surface area contributed by atoms with E-state index in [-0.39, 0.29) is 11.7 Å². The summed E-state index contributed by atoms with van der Waals surface area (Å²) in [7, 11) is 1.62. The Hall–Kier alpha value is -1.97. The standard InChI is InChI=1S/C13H17N3O3/c1-3-15-12(9-19-2)6-10-4-5-13(16(17)18)7-11(10)8-14/h4-5,7,12,15H,3,6,9H2,1-2H3. The molecule has 0 aliphatic rings. The molecule has 1 rings (SSSR count). The van der Waals surface area contributed by atoms with Crippen molar-refractivity contribution in [1.82, 2.24) is 5.32 Å². The maximum absolute atomic E-state index is 10.7. The summed E-state index contributed by atoms with van der Waals surface area (Å²) in [5, 5.41) is 23.0. The molecule has 1 aromatic carbocycles. The Balaban J connectivity index is 2.93. The van der Waals surface area contributed by atoms with Crippen molar-refractivity contribution in [3.05, 3.63) is 39.4 Å². The Morgan fingerprint density at radius 3 is 2.84 bits per heavy atom. The minimum Gasteiger partial charge on any atom is -0.383 e. The Bertz CT molecular complexity index is 477. The van der Waals surface area contributed by atoms with Crippen LogP contribution in [0.25, 0.3) is 0 Å². The third-order valence-electron chi connectivity index (χ3n) is 2.75. The smallest absolute Gasteiger partial charge is 0.270 e. The monoisotopic (exact) mass is 263 g/mol. The van der Waals surface area contributed by atoms with Gasteiger partial charge in [0.25, 0.3) is 5.69 Å². The lowest BCUT2D eigenvalue weighted by molar-refractivity contribution is -0.384. The number of nitriles is 1. The van der Waals surface area contributed by atoms with Gasteiger partial charge in [-0.2, -0.15) is 5.26 Å². The highest BCUT2D eigenvalue weighted by atomic mass is 16.6. The fourth-order valence-corrected chi connectivity index (χ4v) is 1.91. The molecule has 0 aromatic heterocycles. The first-order chi connectivity index (χ1) is 9.12. The fourth-order valence-electron chi connectivity index (χ4n) is 1.91. The van der Waals surface area contributed by atoms with Crippen LogP contribution in [-0.2, 0) is 11.2 Å². The first-order valence-electron chi connectivity index (χ1n) is 6.02. The van der Waals surface area contributed by atoms with Gasteiger partial charge < -0.3 is 10.1 Å². The lowest BCUT2D eigenvalue weighted by Gasteiger charge is -2.17. The number of nitro groups is 1. The van der Waals surface area contributed by atoms with Gasteiger partial charge in [-0.15, -0.1) is 0 Å². The van der Waals surface area contributed by atoms with Gasteiger partial charge in [-0.05, 0) is 18.5 Å². The Kier molecular flexibility index (Phi) is 5.93. The van der Waals surface area contributed by atoms with Gasteiger partial charge >= 0.3 is 0 Å². The number of hydrogen-bond donors (Lipinski definition) is 1. The van der Waals surface area contributed by atoms with Crippen molar-refractivity contribution in [3.8, 4) is 6.07 Å². The highest BCUT2D eigenvalue weighted by molar-refractivity contribution is 5.46. The number of non-ortho nitro benzene ring substituents is 1. The van der Waals surface area contributed by atoms with Crippen molar-refractivity contribution in [1.29, 1.82) is 5.26 Å². The molecular formula is C13H17N3O3. The third-order valence-corrected chi connectivity index (χ3v) is 2.75. The SMILES string of the molecule is CCNC(COC)Cc1ccc([N+](=O)[O-])cc1C#N. The summed E-state index contributed by atoms with van der Waals surface area (Å²) < 4.78 is 5.11. The summed E-state index contributed by atoms with van der Waals surface area (Å²) in [6.07, 6.45) is 0.600. The number of likely N-dealkylation sites (N-methyl/N-ethyl adjacent to an activating group) is 1. The van der Waals surface area contributed by atoms with Crippen LogP contribution >= 0.6 is 0 Å². The van der Waals surface area contributed by atoms with E-state index >= 15 is 0 Å². The minimum atomic E-state index is -0.498. The summed E-state index contributed by atoms with van der Waals surface area (Å²) in [6, 6.07) is 6.46. The van der Waals surface area contributed by atoms with E-state index in [2.05, 4.69) is 5.32 Å². The molecule has 102 valence electrons. The highest BCUT2D eigenvalue weighted by Crippen LogP contribution is 2.18. The van der Waals surface area contributed by atoms with Crippen LogP contribution in [0.4, 0.5) is 5.69 Å². The topological polar surface area (TPSA) is 88.2 Å². The number of benzene rings is 1. The molecule has 0 spiro atoms. The van der Waals surface area contributed by atoms with Crippen LogP contribution in [0.15, 0.2) is 18.2 Å². The molecule has 0 bridgehead atoms. The number of hydrogen-bond acceptors (Lipinski definition) is 5. The minimum absolute atomic E-state index is 0.0629. The van der Waals surface area contributed by atoms with E-state index in [1.807, 2.05) is 13.0 Å². The number of methoxy groups -OCH3 is 1. The Morgan fingerprint density at radius 2 is 2.32 bits per heavy atom. The highest BCUT2D eigenvalue weighted by Gasteiger charge is 2.14. The molecule has 1 aromatic rings. The molecule has 0 aliphatic carbocycles. The van der Waals surface area contributed by atoms with Crippen LogP contribution in [0, 0.1) is 21.4 Å². The van der Waals surface area contributed by atoms with Crippen LogP contribution in [-0.4, -0.2) is 31.2 Å². The second-order valence-corrected chi connectivity index (χ2v) is 4.12. The second-order valence-electron chi connectivity index (χ2n) is 4.12. The van der Waals surface area contributed by atoms with Gasteiger partial charge in [0.15, 0.2) is 0 Å². The van der Waals surface area contributed by atoms with Gasteiger partial charge in [0.2, 0.25) is 0 Å². The van der Waals surface area contributed by atoms with E-state index in [1.54, 1.807) is 13.2 Å². The van der Waals surface area contributed by atoms with E-state index in [4.69, 9.17) is 10.00 Å². The van der Waals surface area contributed by atoms with Crippen LogP contribution in [0.3, 0.4) is 0 Å². The van der Waals surface area contributed by atoms with Crippen molar-refractivity contribution in [3.63, 3.8) is 0 Å². The third kappa shape index (κ3) is 4.32. The zero-order valence-corrected chi connectivity index (χ0v) is 11.0. The fraction of sp³-hybridized carbons (Fsp3) is 0.462. The lowest BCUT2D eigenvalue weighted by atomic mass is 10.0. The molecule has 0 radical (unpaired) electrons. The number of ether oxygens (including phenoxy) is 1. The predicted molar refractivity (Wildman–Crippen MR) is 70.9 cm³/mol. The predicted octanol–water partition coefficient (Wildman–Crippen LogP) is 1.63. The summed E-state index contributed by atoms with van der Waals surface area (Å²) in [5.74, 6) is 0. The molecular weight excluding hydrogens is 246 g/mol. The van der Waals surface area contributed by atoms with E-state index in [1.165, 1.54) is 12.1 Å².